The third-order valence-corrected chi connectivity index (χ3v) is 2.82. The van der Waals surface area contributed by atoms with E-state index >= 15 is 0 Å². The summed E-state index contributed by atoms with van der Waals surface area (Å²) in [6, 6.07) is 9.94. The van der Waals surface area contributed by atoms with E-state index in [0.29, 0.717) is 5.82 Å². The number of nitrogens with zero attached hydrogens (tertiary/aromatic N) is 2. The number of hydrogen-bond acceptors (Lipinski definition) is 3. The molecule has 4 nitrogen and oxygen atoms in total. The highest BCUT2D eigenvalue weighted by molar-refractivity contribution is 5.83. The number of rotatable bonds is 1. The van der Waals surface area contributed by atoms with Crippen molar-refractivity contribution in [1.29, 1.82) is 0 Å². The van der Waals surface area contributed by atoms with Crippen LogP contribution in [0.3, 0.4) is 0 Å². The summed E-state index contributed by atoms with van der Waals surface area (Å²) in [4.78, 5) is 0. The fraction of sp³-hybridized carbons (Fsp3) is 0.154. The molecule has 0 bridgehead atoms. The van der Waals surface area contributed by atoms with E-state index in [1.807, 2.05) is 31.3 Å². The van der Waals surface area contributed by atoms with Gasteiger partial charge in [0, 0.05) is 18.5 Å². The van der Waals surface area contributed by atoms with E-state index < -0.39 is 0 Å². The second kappa shape index (κ2) is 3.38. The first kappa shape index (κ1) is 9.96. The number of hydrogen-bond donors (Lipinski definition) is 1. The average molecular weight is 227 g/mol. The van der Waals surface area contributed by atoms with Crippen LogP contribution >= 0.6 is 0 Å². The van der Waals surface area contributed by atoms with Gasteiger partial charge < -0.3 is 10.2 Å². The fourth-order valence-corrected chi connectivity index (χ4v) is 2.01. The molecule has 0 saturated carbocycles. The summed E-state index contributed by atoms with van der Waals surface area (Å²) >= 11 is 0. The Balaban J connectivity index is 2.21. The summed E-state index contributed by atoms with van der Waals surface area (Å²) in [6.07, 6.45) is 0. The molecular formula is C13H13N3O. The first-order chi connectivity index (χ1) is 8.13. The molecule has 0 unspecified atom stereocenters. The number of furan rings is 1. The number of benzene rings is 1. The Hall–Kier alpha value is -2.23. The van der Waals surface area contributed by atoms with E-state index in [1.54, 1.807) is 4.68 Å². The van der Waals surface area contributed by atoms with Gasteiger partial charge in [0.25, 0.3) is 0 Å². The predicted octanol–water partition coefficient (Wildman–Crippen LogP) is 2.72. The van der Waals surface area contributed by atoms with Crippen molar-refractivity contribution in [3.63, 3.8) is 0 Å². The normalized spacial score (nSPS) is 11.2. The molecule has 2 aromatic heterocycles. The molecule has 2 N–H and O–H groups in total. The molecule has 1 aromatic carbocycles. The van der Waals surface area contributed by atoms with Crippen LogP contribution in [0.5, 0.6) is 0 Å². The van der Waals surface area contributed by atoms with Crippen molar-refractivity contribution in [2.24, 2.45) is 7.05 Å². The molecule has 0 spiro atoms. The SMILES string of the molecule is Cc1ccc2oc(-c3cc(N)nn3C)cc2c1. The van der Waals surface area contributed by atoms with Crippen molar-refractivity contribution in [1.82, 2.24) is 9.78 Å². The van der Waals surface area contributed by atoms with E-state index in [4.69, 9.17) is 10.2 Å². The van der Waals surface area contributed by atoms with Crippen LogP contribution in [0.15, 0.2) is 34.7 Å². The Morgan fingerprint density at radius 2 is 2.06 bits per heavy atom. The lowest BCUT2D eigenvalue weighted by Crippen LogP contribution is -1.93. The van der Waals surface area contributed by atoms with Crippen molar-refractivity contribution >= 4 is 16.8 Å². The third-order valence-electron chi connectivity index (χ3n) is 2.82. The maximum absolute atomic E-state index is 5.79. The number of nitrogen functional groups attached to an aromatic ring is 1. The molecular weight excluding hydrogens is 214 g/mol. The smallest absolute Gasteiger partial charge is 0.153 e. The molecule has 0 saturated heterocycles. The zero-order valence-corrected chi connectivity index (χ0v) is 9.77. The largest absolute Gasteiger partial charge is 0.454 e. The van der Waals surface area contributed by atoms with Gasteiger partial charge in [-0.15, -0.1) is 0 Å². The molecule has 86 valence electrons. The Morgan fingerprint density at radius 3 is 2.76 bits per heavy atom. The highest BCUT2D eigenvalue weighted by Crippen LogP contribution is 2.28. The van der Waals surface area contributed by atoms with E-state index in [-0.39, 0.29) is 0 Å². The number of anilines is 1. The van der Waals surface area contributed by atoms with Crippen LogP contribution in [-0.4, -0.2) is 9.78 Å². The van der Waals surface area contributed by atoms with Gasteiger partial charge in [0.1, 0.15) is 17.1 Å². The first-order valence-electron chi connectivity index (χ1n) is 5.43. The van der Waals surface area contributed by atoms with Gasteiger partial charge in [0.2, 0.25) is 0 Å². The summed E-state index contributed by atoms with van der Waals surface area (Å²) in [5.74, 6) is 1.29. The second-order valence-corrected chi connectivity index (χ2v) is 4.23. The number of aromatic nitrogens is 2. The van der Waals surface area contributed by atoms with Crippen molar-refractivity contribution < 1.29 is 4.42 Å². The topological polar surface area (TPSA) is 57.0 Å². The predicted molar refractivity (Wildman–Crippen MR) is 67.6 cm³/mol. The van der Waals surface area contributed by atoms with Gasteiger partial charge in [-0.3, -0.25) is 4.68 Å². The van der Waals surface area contributed by atoms with E-state index in [9.17, 15) is 0 Å². The minimum absolute atomic E-state index is 0.499. The summed E-state index contributed by atoms with van der Waals surface area (Å²) < 4.78 is 7.51. The Labute approximate surface area is 98.6 Å². The molecule has 0 atom stereocenters. The van der Waals surface area contributed by atoms with Gasteiger partial charge in [-0.25, -0.2) is 0 Å². The van der Waals surface area contributed by atoms with Crippen molar-refractivity contribution in [2.45, 2.75) is 6.92 Å². The Bertz CT molecular complexity index is 694. The molecule has 0 amide bonds. The lowest BCUT2D eigenvalue weighted by Gasteiger charge is -1.95. The maximum Gasteiger partial charge on any atom is 0.153 e. The molecule has 2 heterocycles. The van der Waals surface area contributed by atoms with Crippen LogP contribution in [0.2, 0.25) is 0 Å². The second-order valence-electron chi connectivity index (χ2n) is 4.23. The summed E-state index contributed by atoms with van der Waals surface area (Å²) in [6.45, 7) is 2.06. The van der Waals surface area contributed by atoms with Gasteiger partial charge in [-0.2, -0.15) is 5.10 Å². The lowest BCUT2D eigenvalue weighted by molar-refractivity contribution is 0.618. The van der Waals surface area contributed by atoms with Crippen LogP contribution in [0.1, 0.15) is 5.56 Å². The first-order valence-corrected chi connectivity index (χ1v) is 5.43. The third kappa shape index (κ3) is 1.58. The standard InChI is InChI=1S/C13H13N3O/c1-8-3-4-11-9(5-8)6-12(17-11)10-7-13(14)15-16(10)2/h3-7H,1-2H3,(H2,14,15). The number of nitrogens with two attached hydrogens (primary N) is 1. The van der Waals surface area contributed by atoms with Gasteiger partial charge in [-0.1, -0.05) is 11.6 Å². The Kier molecular flexibility index (Phi) is 1.98. The fourth-order valence-electron chi connectivity index (χ4n) is 2.01. The molecule has 17 heavy (non-hydrogen) atoms. The summed E-state index contributed by atoms with van der Waals surface area (Å²) in [5, 5.41) is 5.21. The molecule has 3 rings (SSSR count). The molecule has 0 aliphatic heterocycles. The molecule has 0 aliphatic rings. The van der Waals surface area contributed by atoms with Crippen molar-refractivity contribution in [3.05, 3.63) is 35.9 Å². The van der Waals surface area contributed by atoms with Crippen molar-refractivity contribution in [2.75, 3.05) is 5.73 Å². The van der Waals surface area contributed by atoms with Gasteiger partial charge in [0.15, 0.2) is 5.76 Å². The van der Waals surface area contributed by atoms with E-state index in [0.717, 1.165) is 22.4 Å². The zero-order chi connectivity index (χ0) is 12.0. The minimum Gasteiger partial charge on any atom is -0.454 e. The lowest BCUT2D eigenvalue weighted by atomic mass is 10.2. The van der Waals surface area contributed by atoms with E-state index in [1.165, 1.54) is 5.56 Å². The zero-order valence-electron chi connectivity index (χ0n) is 9.77. The average Bonchev–Trinajstić information content (AvgIpc) is 2.80. The van der Waals surface area contributed by atoms with Crippen LogP contribution in [0.25, 0.3) is 22.4 Å². The molecule has 0 radical (unpaired) electrons. The molecule has 3 aromatic rings. The highest BCUT2D eigenvalue weighted by Gasteiger charge is 2.11. The van der Waals surface area contributed by atoms with Crippen molar-refractivity contribution in [3.8, 4) is 11.5 Å². The molecule has 0 aliphatic carbocycles. The quantitative estimate of drug-likeness (QED) is 0.695. The van der Waals surface area contributed by atoms with Crippen LogP contribution in [-0.2, 0) is 7.05 Å². The van der Waals surface area contributed by atoms with E-state index in [2.05, 4.69) is 18.1 Å². The Morgan fingerprint density at radius 1 is 1.24 bits per heavy atom. The summed E-state index contributed by atoms with van der Waals surface area (Å²) in [7, 11) is 1.85. The van der Waals surface area contributed by atoms with Crippen LogP contribution in [0, 0.1) is 6.92 Å². The van der Waals surface area contributed by atoms with Gasteiger partial charge in [-0.05, 0) is 25.1 Å². The van der Waals surface area contributed by atoms with Gasteiger partial charge >= 0.3 is 0 Å². The van der Waals surface area contributed by atoms with Crippen LogP contribution in [0.4, 0.5) is 5.82 Å². The molecule has 0 fully saturated rings. The monoisotopic (exact) mass is 227 g/mol. The summed E-state index contributed by atoms with van der Waals surface area (Å²) in [5.41, 5.74) is 8.64. The van der Waals surface area contributed by atoms with Gasteiger partial charge in [0.05, 0.1) is 0 Å². The molecule has 4 heteroatoms. The number of fused-ring (bicyclic) bond motifs is 1. The minimum atomic E-state index is 0.499. The number of aryl methyl sites for hydroxylation is 2. The highest BCUT2D eigenvalue weighted by atomic mass is 16.3. The maximum atomic E-state index is 5.79. The van der Waals surface area contributed by atoms with Crippen LogP contribution < -0.4 is 5.73 Å².